The molecule has 0 amide bonds. The third-order valence-corrected chi connectivity index (χ3v) is 33.6. The molecule has 824 valence electrons. The minimum atomic E-state index is -1.98. The highest BCUT2D eigenvalue weighted by Gasteiger charge is 2.35. The normalized spacial score (nSPS) is 12.7. The second-order valence-electron chi connectivity index (χ2n) is 47.2. The molecule has 0 saturated heterocycles. The van der Waals surface area contributed by atoms with E-state index in [9.17, 15) is 0 Å². The summed E-state index contributed by atoms with van der Waals surface area (Å²) in [5.41, 5.74) is 13.8. The van der Waals surface area contributed by atoms with Crippen LogP contribution in [0.4, 0.5) is 0 Å². The van der Waals surface area contributed by atoms with Crippen molar-refractivity contribution < 1.29 is 40.7 Å². The van der Waals surface area contributed by atoms with Crippen LogP contribution < -0.4 is 27.1 Å². The third kappa shape index (κ3) is 58.3. The highest BCUT2D eigenvalue weighted by Crippen LogP contribution is 2.53. The van der Waals surface area contributed by atoms with Gasteiger partial charge in [0.2, 0.25) is 0 Å². The van der Waals surface area contributed by atoms with Gasteiger partial charge in [-0.15, -0.1) is 0 Å². The topological polar surface area (TPSA) is 83.1 Å². The molecule has 0 aliphatic heterocycles. The molecule has 145 heavy (non-hydrogen) atoms. The summed E-state index contributed by atoms with van der Waals surface area (Å²) in [6.45, 7) is 46.1. The van der Waals surface area contributed by atoms with E-state index in [2.05, 4.69) is 241 Å². The summed E-state index contributed by atoms with van der Waals surface area (Å²) in [5, 5.41) is 0. The van der Waals surface area contributed by atoms with Crippen LogP contribution in [0.2, 0.25) is 0 Å². The van der Waals surface area contributed by atoms with Crippen LogP contribution in [0.3, 0.4) is 0 Å². The Morgan fingerprint density at radius 2 is 0.407 bits per heavy atom. The van der Waals surface area contributed by atoms with Gasteiger partial charge >= 0.3 is 25.8 Å². The first-order valence-electron chi connectivity index (χ1n) is 61.5. The first-order chi connectivity index (χ1) is 70.4. The minimum Gasteiger partial charge on any atom is -0.426 e. The second kappa shape index (κ2) is 80.2. The lowest BCUT2D eigenvalue weighted by molar-refractivity contribution is 0.197. The molecule has 0 fully saturated rings. The van der Waals surface area contributed by atoms with E-state index in [1.165, 1.54) is 435 Å². The van der Waals surface area contributed by atoms with Crippen LogP contribution in [0.5, 0.6) is 34.5 Å². The summed E-state index contributed by atoms with van der Waals surface area (Å²) in [7, 11) is -5.54. The van der Waals surface area contributed by atoms with Crippen LogP contribution >= 0.6 is 25.8 Å². The van der Waals surface area contributed by atoms with Gasteiger partial charge in [-0.2, -0.15) is 0 Å². The zero-order valence-electron chi connectivity index (χ0n) is 97.7. The van der Waals surface area contributed by atoms with Crippen LogP contribution in [0, 0.1) is 20.8 Å². The number of hydrogen-bond donors (Lipinski definition) is 0. The van der Waals surface area contributed by atoms with Gasteiger partial charge in [0, 0.05) is 22.6 Å². The molecule has 0 N–H and O–H groups in total. The summed E-state index contributed by atoms with van der Waals surface area (Å²) >= 11 is 0. The zero-order chi connectivity index (χ0) is 104. The molecule has 0 aromatic heterocycles. The van der Waals surface area contributed by atoms with E-state index in [1.54, 1.807) is 0 Å². The van der Waals surface area contributed by atoms with Crippen molar-refractivity contribution >= 4 is 25.8 Å². The Kier molecular flexibility index (Phi) is 71.3. The molecule has 6 rings (SSSR count). The summed E-state index contributed by atoms with van der Waals surface area (Å²) in [5.74, 6) is 4.72. The Morgan fingerprint density at radius 1 is 0.214 bits per heavy atom. The third-order valence-electron chi connectivity index (χ3n) is 30.3. The van der Waals surface area contributed by atoms with Gasteiger partial charge in [0.15, 0.2) is 0 Å². The van der Waals surface area contributed by atoms with Crippen molar-refractivity contribution in [2.24, 2.45) is 0 Å². The van der Waals surface area contributed by atoms with Gasteiger partial charge in [0.1, 0.15) is 34.5 Å². The van der Waals surface area contributed by atoms with Crippen molar-refractivity contribution in [3.05, 3.63) is 176 Å². The summed E-state index contributed by atoms with van der Waals surface area (Å²) < 4.78 is 63.9. The van der Waals surface area contributed by atoms with Crippen LogP contribution in [0.15, 0.2) is 109 Å². The van der Waals surface area contributed by atoms with E-state index in [1.807, 2.05) is 0 Å². The van der Waals surface area contributed by atoms with Gasteiger partial charge in [-0.3, -0.25) is 4.52 Å². The number of benzene rings is 6. The van der Waals surface area contributed by atoms with Gasteiger partial charge in [-0.1, -0.05) is 551 Å². The molecular formula is C133H223O9P3. The molecule has 6 aromatic carbocycles. The fraction of sp³-hybridized carbons (Fsp3) is 0.729. The fourth-order valence-electron chi connectivity index (χ4n) is 20.8. The van der Waals surface area contributed by atoms with Crippen LogP contribution in [-0.2, 0) is 49.1 Å². The number of aryl methyl sites for hydroxylation is 6. The molecule has 0 saturated carbocycles. The van der Waals surface area contributed by atoms with Crippen molar-refractivity contribution in [1.29, 1.82) is 0 Å². The SMILES string of the molecule is CCCCCCCCCCCCCCCCCCOP(OCCCCCCCCCCCCCCCCCC)Oc1cc(C)c(C(CC(C)c2cc(C(C)(C)C)c(OP(Oc3ccc(CCCCCCCC)cc3)Oc3ccc(CCCCCCCC)cc3)cc2C)c2cc(C(C)(C)C)c(OP(OCCCCCCCCCCCCCCCCCC)Oc3ccc(CCCCCCCC)cc3)cc2C)cc1C(C)(C)C. The highest BCUT2D eigenvalue weighted by atomic mass is 31.2. The second-order valence-corrected chi connectivity index (χ2v) is 50.4. The van der Waals surface area contributed by atoms with Crippen molar-refractivity contribution in [2.45, 2.75) is 609 Å². The lowest BCUT2D eigenvalue weighted by Gasteiger charge is -2.33. The molecule has 3 atom stereocenters. The van der Waals surface area contributed by atoms with Gasteiger partial charge in [-0.05, 0) is 212 Å². The van der Waals surface area contributed by atoms with Gasteiger partial charge in [0.05, 0.1) is 19.8 Å². The first kappa shape index (κ1) is 129. The van der Waals surface area contributed by atoms with E-state index >= 15 is 0 Å². The van der Waals surface area contributed by atoms with Crippen LogP contribution in [0.25, 0.3) is 0 Å². The molecular weight excluding hydrogens is 1830 g/mol. The number of rotatable bonds is 92. The van der Waals surface area contributed by atoms with Crippen molar-refractivity contribution in [3.63, 3.8) is 0 Å². The molecule has 12 heteroatoms. The van der Waals surface area contributed by atoms with E-state index < -0.39 is 25.8 Å². The Balaban J connectivity index is 1.39. The highest BCUT2D eigenvalue weighted by molar-refractivity contribution is 7.43. The molecule has 0 aliphatic rings. The van der Waals surface area contributed by atoms with E-state index in [-0.39, 0.29) is 28.1 Å². The van der Waals surface area contributed by atoms with Crippen LogP contribution in [-0.4, -0.2) is 19.8 Å². The Hall–Kier alpha value is -4.71. The first-order valence-corrected chi connectivity index (χ1v) is 64.8. The lowest BCUT2D eigenvalue weighted by atomic mass is 9.74. The molecule has 0 spiro atoms. The van der Waals surface area contributed by atoms with Gasteiger partial charge in [-0.25, -0.2) is 0 Å². The monoisotopic (exact) mass is 2060 g/mol. The molecule has 9 nitrogen and oxygen atoms in total. The Morgan fingerprint density at radius 3 is 0.648 bits per heavy atom. The average Bonchev–Trinajstić information content (AvgIpc) is 0.759. The van der Waals surface area contributed by atoms with Gasteiger partial charge < -0.3 is 36.2 Å². The number of unbranched alkanes of at least 4 members (excludes halogenated alkanes) is 60. The van der Waals surface area contributed by atoms with E-state index in [4.69, 9.17) is 40.7 Å². The molecule has 0 aliphatic carbocycles. The van der Waals surface area contributed by atoms with Crippen molar-refractivity contribution in [1.82, 2.24) is 0 Å². The Labute approximate surface area is 899 Å². The quantitative estimate of drug-likeness (QED) is 0.0274. The number of hydrogen-bond acceptors (Lipinski definition) is 9. The predicted octanol–water partition coefficient (Wildman–Crippen LogP) is 46.4. The maximum absolute atomic E-state index is 7.41. The molecule has 6 aromatic rings. The summed E-state index contributed by atoms with van der Waals surface area (Å²) in [4.78, 5) is 0. The summed E-state index contributed by atoms with van der Waals surface area (Å²) in [6, 6.07) is 40.7. The maximum atomic E-state index is 7.41. The van der Waals surface area contributed by atoms with E-state index in [0.29, 0.717) is 19.8 Å². The van der Waals surface area contributed by atoms with Crippen LogP contribution in [0.1, 0.15) is 620 Å². The fourth-order valence-corrected chi connectivity index (χ4v) is 23.9. The molecule has 0 bridgehead atoms. The largest absolute Gasteiger partial charge is 0.530 e. The Bertz CT molecular complexity index is 4020. The average molecular weight is 2060 g/mol. The summed E-state index contributed by atoms with van der Waals surface area (Å²) in [6.07, 6.45) is 90.9. The van der Waals surface area contributed by atoms with Crippen molar-refractivity contribution in [3.8, 4) is 34.5 Å². The molecule has 0 heterocycles. The van der Waals surface area contributed by atoms with E-state index in [0.717, 1.165) is 115 Å². The lowest BCUT2D eigenvalue weighted by Crippen LogP contribution is -2.19. The van der Waals surface area contributed by atoms with Crippen molar-refractivity contribution in [2.75, 3.05) is 19.8 Å². The van der Waals surface area contributed by atoms with Gasteiger partial charge in [0.25, 0.3) is 0 Å². The smallest absolute Gasteiger partial charge is 0.426 e. The minimum absolute atomic E-state index is 0.0702. The standard InChI is InChI=1S/C133H223O9P3/c1-20-26-32-38-44-47-50-53-56-59-62-65-68-71-77-83-101-134-143(135-102-84-78-72-69-66-63-60-57-54-51-48-45-39-33-27-21-2)140-128-106-113(9)122(109-126(128)132(14,15)16)124(104-111(7)121-108-125(131(11,12)13)130(105-112(121)8)142-145(138-119-97-91-116(92-98-119)87-81-75-42-36-30-24-5)139-120-99-93-117(94-100-120)88-82-76-43-37-31-25-6)123-110-127(133(17,18)19)129(107-114(123)10)141-144(137-118-95-89-115(90-96-118)86-80-74-41-35-29-23-4)136-103-85-79-73-70-67-64-61-58-55-52-49-46-40-34-28-22-3/h89-100,105-111,124H,20-88,101-104H2,1-19H3. The predicted molar refractivity (Wildman–Crippen MR) is 636 cm³/mol. The molecule has 3 unspecified atom stereocenters. The zero-order valence-corrected chi connectivity index (χ0v) is 100. The molecule has 0 radical (unpaired) electrons. The maximum Gasteiger partial charge on any atom is 0.530 e.